The van der Waals surface area contributed by atoms with E-state index >= 15 is 0 Å². The van der Waals surface area contributed by atoms with Gasteiger partial charge in [-0.3, -0.25) is 15.0 Å². The van der Waals surface area contributed by atoms with Crippen molar-refractivity contribution in [2.24, 2.45) is 0 Å². The summed E-state index contributed by atoms with van der Waals surface area (Å²) >= 11 is 6.51. The van der Waals surface area contributed by atoms with Crippen molar-refractivity contribution in [2.45, 2.75) is 0 Å². The number of anilines is 1. The number of hydrogen-bond acceptors (Lipinski definition) is 5. The molecule has 0 spiro atoms. The number of benzene rings is 2. The zero-order chi connectivity index (χ0) is 16.2. The van der Waals surface area contributed by atoms with E-state index in [2.05, 4.69) is 5.43 Å². The van der Waals surface area contributed by atoms with E-state index in [0.29, 0.717) is 14.8 Å². The summed E-state index contributed by atoms with van der Waals surface area (Å²) in [7, 11) is 0. The SMILES string of the molecule is O=Cc1ccc(C=C2SC(=S)N(Nc3ccccc3)C2=O)cc1. The van der Waals surface area contributed by atoms with Gasteiger partial charge in [-0.2, -0.15) is 0 Å². The minimum absolute atomic E-state index is 0.191. The highest BCUT2D eigenvalue weighted by Gasteiger charge is 2.32. The first-order valence-electron chi connectivity index (χ1n) is 6.82. The highest BCUT2D eigenvalue weighted by atomic mass is 32.2. The highest BCUT2D eigenvalue weighted by molar-refractivity contribution is 8.26. The van der Waals surface area contributed by atoms with Gasteiger partial charge in [0.2, 0.25) is 0 Å². The monoisotopic (exact) mass is 340 g/mol. The lowest BCUT2D eigenvalue weighted by molar-refractivity contribution is -0.121. The van der Waals surface area contributed by atoms with Crippen LogP contribution in [0.5, 0.6) is 0 Å². The number of nitrogens with one attached hydrogen (secondary N) is 1. The number of aldehydes is 1. The number of rotatable bonds is 4. The number of thioether (sulfide) groups is 1. The van der Waals surface area contributed by atoms with E-state index in [0.717, 1.165) is 17.5 Å². The second kappa shape index (κ2) is 6.76. The Labute approximate surface area is 143 Å². The molecule has 0 saturated carbocycles. The second-order valence-corrected chi connectivity index (χ2v) is 6.46. The maximum absolute atomic E-state index is 12.5. The summed E-state index contributed by atoms with van der Waals surface area (Å²) in [6.07, 6.45) is 2.55. The Bertz CT molecular complexity index is 786. The first-order valence-corrected chi connectivity index (χ1v) is 8.05. The maximum atomic E-state index is 12.5. The molecule has 2 aromatic rings. The highest BCUT2D eigenvalue weighted by Crippen LogP contribution is 2.32. The largest absolute Gasteiger partial charge is 0.298 e. The molecule has 23 heavy (non-hydrogen) atoms. The molecule has 0 radical (unpaired) electrons. The fourth-order valence-electron chi connectivity index (χ4n) is 2.03. The van der Waals surface area contributed by atoms with Crippen LogP contribution in [0.1, 0.15) is 15.9 Å². The standard InChI is InChI=1S/C17H12N2O2S2/c20-11-13-8-6-12(7-9-13)10-15-16(21)19(17(22)23-15)18-14-4-2-1-3-5-14/h1-11,18H. The van der Waals surface area contributed by atoms with E-state index in [1.807, 2.05) is 30.3 Å². The van der Waals surface area contributed by atoms with Gasteiger partial charge in [0.15, 0.2) is 4.32 Å². The quantitative estimate of drug-likeness (QED) is 0.522. The molecule has 1 fully saturated rings. The van der Waals surface area contributed by atoms with Crippen LogP contribution in [0.25, 0.3) is 6.08 Å². The third-order valence-corrected chi connectivity index (χ3v) is 4.48. The van der Waals surface area contributed by atoms with Crippen LogP contribution < -0.4 is 5.43 Å². The molecular formula is C17H12N2O2S2. The summed E-state index contributed by atoms with van der Waals surface area (Å²) < 4.78 is 0.453. The molecule has 0 bridgehead atoms. The predicted molar refractivity (Wildman–Crippen MR) is 96.9 cm³/mol. The van der Waals surface area contributed by atoms with E-state index in [-0.39, 0.29) is 5.91 Å². The van der Waals surface area contributed by atoms with Gasteiger partial charge in [-0.1, -0.05) is 54.2 Å². The average Bonchev–Trinajstić information content (AvgIpc) is 2.84. The normalized spacial score (nSPS) is 16.0. The Morgan fingerprint density at radius 1 is 1.00 bits per heavy atom. The van der Waals surface area contributed by atoms with Crippen molar-refractivity contribution in [1.29, 1.82) is 0 Å². The van der Waals surface area contributed by atoms with E-state index in [9.17, 15) is 9.59 Å². The van der Waals surface area contributed by atoms with E-state index in [1.165, 1.54) is 16.8 Å². The van der Waals surface area contributed by atoms with Crippen LogP contribution in [0, 0.1) is 0 Å². The third kappa shape index (κ3) is 3.49. The number of amides is 1. The van der Waals surface area contributed by atoms with Gasteiger partial charge in [-0.15, -0.1) is 0 Å². The van der Waals surface area contributed by atoms with Crippen molar-refractivity contribution in [3.05, 3.63) is 70.6 Å². The maximum Gasteiger partial charge on any atom is 0.285 e. The van der Waals surface area contributed by atoms with E-state index in [1.54, 1.807) is 30.3 Å². The van der Waals surface area contributed by atoms with Crippen molar-refractivity contribution >= 4 is 52.3 Å². The number of para-hydroxylation sites is 1. The van der Waals surface area contributed by atoms with Gasteiger partial charge in [0, 0.05) is 5.56 Å². The first-order chi connectivity index (χ1) is 11.2. The summed E-state index contributed by atoms with van der Waals surface area (Å²) in [5.74, 6) is -0.191. The molecule has 1 amide bonds. The number of hydrogen-bond donors (Lipinski definition) is 1. The Hall–Kier alpha value is -2.44. The lowest BCUT2D eigenvalue weighted by Gasteiger charge is -2.16. The third-order valence-electron chi connectivity index (χ3n) is 3.18. The first kappa shape index (κ1) is 15.5. The lowest BCUT2D eigenvalue weighted by Crippen LogP contribution is -2.33. The van der Waals surface area contributed by atoms with Crippen LogP contribution in [0.15, 0.2) is 59.5 Å². The van der Waals surface area contributed by atoms with Crippen LogP contribution >= 0.6 is 24.0 Å². The van der Waals surface area contributed by atoms with Crippen LogP contribution in [-0.4, -0.2) is 21.5 Å². The summed E-state index contributed by atoms with van der Waals surface area (Å²) in [6, 6.07) is 16.4. The van der Waals surface area contributed by atoms with Crippen LogP contribution in [0.4, 0.5) is 5.69 Å². The zero-order valence-electron chi connectivity index (χ0n) is 11.9. The van der Waals surface area contributed by atoms with Gasteiger partial charge in [0.05, 0.1) is 10.6 Å². The van der Waals surface area contributed by atoms with Crippen LogP contribution in [0.3, 0.4) is 0 Å². The number of nitrogens with zero attached hydrogens (tertiary/aromatic N) is 1. The lowest BCUT2D eigenvalue weighted by atomic mass is 10.1. The van der Waals surface area contributed by atoms with Gasteiger partial charge in [-0.05, 0) is 36.0 Å². The van der Waals surface area contributed by atoms with Crippen LogP contribution in [0.2, 0.25) is 0 Å². The van der Waals surface area contributed by atoms with Crippen molar-refractivity contribution in [3.8, 4) is 0 Å². The molecule has 1 N–H and O–H groups in total. The molecule has 4 nitrogen and oxygen atoms in total. The molecule has 0 unspecified atom stereocenters. The Morgan fingerprint density at radius 3 is 2.30 bits per heavy atom. The fraction of sp³-hybridized carbons (Fsp3) is 0. The molecule has 0 aliphatic carbocycles. The molecule has 114 valence electrons. The second-order valence-electron chi connectivity index (χ2n) is 4.78. The molecule has 2 aromatic carbocycles. The average molecular weight is 340 g/mol. The molecule has 1 heterocycles. The van der Waals surface area contributed by atoms with Crippen molar-refractivity contribution in [2.75, 3.05) is 5.43 Å². The fourth-order valence-corrected chi connectivity index (χ4v) is 3.21. The Balaban J connectivity index is 1.79. The van der Waals surface area contributed by atoms with Crippen LogP contribution in [-0.2, 0) is 4.79 Å². The molecule has 1 aliphatic heterocycles. The Kier molecular flexibility index (Phi) is 4.55. The van der Waals surface area contributed by atoms with Gasteiger partial charge >= 0.3 is 0 Å². The molecular weight excluding hydrogens is 328 g/mol. The minimum Gasteiger partial charge on any atom is -0.298 e. The van der Waals surface area contributed by atoms with Gasteiger partial charge in [0.1, 0.15) is 6.29 Å². The smallest absolute Gasteiger partial charge is 0.285 e. The van der Waals surface area contributed by atoms with Crippen molar-refractivity contribution < 1.29 is 9.59 Å². The molecule has 1 saturated heterocycles. The zero-order valence-corrected chi connectivity index (χ0v) is 13.6. The molecule has 3 rings (SSSR count). The summed E-state index contributed by atoms with van der Waals surface area (Å²) in [4.78, 5) is 23.7. The van der Waals surface area contributed by atoms with Gasteiger partial charge in [0.25, 0.3) is 5.91 Å². The van der Waals surface area contributed by atoms with Gasteiger partial charge in [-0.25, -0.2) is 5.01 Å². The molecule has 6 heteroatoms. The number of thiocarbonyl (C=S) groups is 1. The van der Waals surface area contributed by atoms with Gasteiger partial charge < -0.3 is 0 Å². The number of carbonyl (C=O) groups is 2. The van der Waals surface area contributed by atoms with E-state index in [4.69, 9.17) is 12.2 Å². The summed E-state index contributed by atoms with van der Waals surface area (Å²) in [5, 5.41) is 1.36. The number of carbonyl (C=O) groups excluding carboxylic acids is 2. The minimum atomic E-state index is -0.191. The topological polar surface area (TPSA) is 49.4 Å². The number of hydrazine groups is 1. The molecule has 0 atom stereocenters. The predicted octanol–water partition coefficient (Wildman–Crippen LogP) is 3.73. The summed E-state index contributed by atoms with van der Waals surface area (Å²) in [5.41, 5.74) is 5.24. The van der Waals surface area contributed by atoms with E-state index < -0.39 is 0 Å². The van der Waals surface area contributed by atoms with Crippen molar-refractivity contribution in [3.63, 3.8) is 0 Å². The Morgan fingerprint density at radius 2 is 1.65 bits per heavy atom. The van der Waals surface area contributed by atoms with Crippen molar-refractivity contribution in [1.82, 2.24) is 5.01 Å². The molecule has 0 aromatic heterocycles. The summed E-state index contributed by atoms with van der Waals surface area (Å²) in [6.45, 7) is 0. The molecule has 1 aliphatic rings.